The molecule has 0 N–H and O–H groups in total. The summed E-state index contributed by atoms with van der Waals surface area (Å²) in [5.74, 6) is 0.343. The summed E-state index contributed by atoms with van der Waals surface area (Å²) in [6.45, 7) is 2.90. The number of nitrogens with zero attached hydrogens (tertiary/aromatic N) is 3. The van der Waals surface area contributed by atoms with Gasteiger partial charge in [-0.25, -0.2) is 4.98 Å². The lowest BCUT2D eigenvalue weighted by molar-refractivity contribution is -0.131. The Labute approximate surface area is 178 Å². The SMILES string of the molecule is CC1CCCCN1C(=O)CSc1nc2ccccc2c(=O)n1-c1ccc(Cl)cc1. The number of carbonyl (C=O) groups is 1. The molecule has 29 heavy (non-hydrogen) atoms. The summed E-state index contributed by atoms with van der Waals surface area (Å²) in [7, 11) is 0. The van der Waals surface area contributed by atoms with Crippen LogP contribution in [-0.4, -0.2) is 38.7 Å². The molecule has 1 unspecified atom stereocenters. The van der Waals surface area contributed by atoms with Gasteiger partial charge in [0, 0.05) is 17.6 Å². The van der Waals surface area contributed by atoms with Crippen molar-refractivity contribution in [2.75, 3.05) is 12.3 Å². The van der Waals surface area contributed by atoms with Gasteiger partial charge in [-0.15, -0.1) is 0 Å². The molecule has 7 heteroatoms. The third-order valence-electron chi connectivity index (χ3n) is 5.28. The molecule has 2 aromatic carbocycles. The van der Waals surface area contributed by atoms with Crippen molar-refractivity contribution in [3.05, 3.63) is 63.9 Å². The minimum atomic E-state index is -0.154. The first kappa shape index (κ1) is 20.0. The lowest BCUT2D eigenvalue weighted by Gasteiger charge is -2.33. The number of fused-ring (bicyclic) bond motifs is 1. The zero-order valence-electron chi connectivity index (χ0n) is 16.2. The smallest absolute Gasteiger partial charge is 0.266 e. The standard InChI is InChI=1S/C22H22ClN3O2S/c1-15-6-4-5-13-25(15)20(27)14-29-22-24-19-8-3-2-7-18(19)21(28)26(22)17-11-9-16(23)10-12-17/h2-3,7-12,15H,4-6,13-14H2,1H3. The molecule has 1 aliphatic rings. The van der Waals surface area contributed by atoms with E-state index >= 15 is 0 Å². The number of hydrogen-bond acceptors (Lipinski definition) is 4. The van der Waals surface area contributed by atoms with Crippen LogP contribution in [0.2, 0.25) is 5.02 Å². The minimum Gasteiger partial charge on any atom is -0.339 e. The predicted molar refractivity (Wildman–Crippen MR) is 118 cm³/mol. The summed E-state index contributed by atoms with van der Waals surface area (Å²) in [5.41, 5.74) is 1.15. The molecule has 2 heterocycles. The Morgan fingerprint density at radius 1 is 1.17 bits per heavy atom. The van der Waals surface area contributed by atoms with E-state index in [1.807, 2.05) is 23.1 Å². The summed E-state index contributed by atoms with van der Waals surface area (Å²) >= 11 is 7.32. The van der Waals surface area contributed by atoms with Crippen LogP contribution < -0.4 is 5.56 Å². The fourth-order valence-corrected chi connectivity index (χ4v) is 4.73. The van der Waals surface area contributed by atoms with Crippen molar-refractivity contribution in [3.8, 4) is 5.69 Å². The Balaban J connectivity index is 1.70. The van der Waals surface area contributed by atoms with Gasteiger partial charge in [0.2, 0.25) is 5.91 Å². The molecule has 3 aromatic rings. The van der Waals surface area contributed by atoms with Gasteiger partial charge in [0.25, 0.3) is 5.56 Å². The molecule has 1 saturated heterocycles. The van der Waals surface area contributed by atoms with E-state index in [0.717, 1.165) is 19.4 Å². The van der Waals surface area contributed by atoms with Gasteiger partial charge in [-0.05, 0) is 62.6 Å². The van der Waals surface area contributed by atoms with Gasteiger partial charge in [-0.2, -0.15) is 0 Å². The average molecular weight is 428 g/mol. The van der Waals surface area contributed by atoms with E-state index in [1.165, 1.54) is 18.2 Å². The number of likely N-dealkylation sites (tertiary alicyclic amines) is 1. The number of thioether (sulfide) groups is 1. The number of benzene rings is 2. The zero-order chi connectivity index (χ0) is 20.4. The molecular weight excluding hydrogens is 406 g/mol. The van der Waals surface area contributed by atoms with Crippen LogP contribution in [0.5, 0.6) is 0 Å². The van der Waals surface area contributed by atoms with E-state index in [4.69, 9.17) is 16.6 Å². The van der Waals surface area contributed by atoms with Crippen LogP contribution in [0.4, 0.5) is 0 Å². The second-order valence-corrected chi connectivity index (χ2v) is 8.63. The van der Waals surface area contributed by atoms with E-state index in [-0.39, 0.29) is 23.3 Å². The van der Waals surface area contributed by atoms with Crippen molar-refractivity contribution >= 4 is 40.2 Å². The monoisotopic (exact) mass is 427 g/mol. The van der Waals surface area contributed by atoms with Crippen molar-refractivity contribution in [2.24, 2.45) is 0 Å². The zero-order valence-corrected chi connectivity index (χ0v) is 17.7. The van der Waals surface area contributed by atoms with Gasteiger partial charge < -0.3 is 4.90 Å². The van der Waals surface area contributed by atoms with Gasteiger partial charge in [0.1, 0.15) is 0 Å². The van der Waals surface area contributed by atoms with E-state index in [2.05, 4.69) is 6.92 Å². The Morgan fingerprint density at radius 3 is 2.69 bits per heavy atom. The summed E-state index contributed by atoms with van der Waals surface area (Å²) in [4.78, 5) is 32.6. The maximum Gasteiger partial charge on any atom is 0.266 e. The largest absolute Gasteiger partial charge is 0.339 e. The molecule has 5 nitrogen and oxygen atoms in total. The molecular formula is C22H22ClN3O2S. The maximum absolute atomic E-state index is 13.2. The van der Waals surface area contributed by atoms with E-state index in [1.54, 1.807) is 34.9 Å². The lowest BCUT2D eigenvalue weighted by Crippen LogP contribution is -2.43. The van der Waals surface area contributed by atoms with Crippen molar-refractivity contribution in [1.29, 1.82) is 0 Å². The van der Waals surface area contributed by atoms with Crippen LogP contribution in [-0.2, 0) is 4.79 Å². The molecule has 0 bridgehead atoms. The highest BCUT2D eigenvalue weighted by Gasteiger charge is 2.24. The molecule has 0 spiro atoms. The molecule has 0 aliphatic carbocycles. The number of carbonyl (C=O) groups excluding carboxylic acids is 1. The second kappa shape index (κ2) is 8.59. The van der Waals surface area contributed by atoms with Crippen LogP contribution in [0.15, 0.2) is 58.5 Å². The first-order valence-corrected chi connectivity index (χ1v) is 11.1. The van der Waals surface area contributed by atoms with Crippen LogP contribution in [0, 0.1) is 0 Å². The van der Waals surface area contributed by atoms with E-state index in [0.29, 0.717) is 26.8 Å². The lowest BCUT2D eigenvalue weighted by atomic mass is 10.0. The summed E-state index contributed by atoms with van der Waals surface area (Å²) in [5, 5.41) is 1.65. The number of para-hydroxylation sites is 1. The summed E-state index contributed by atoms with van der Waals surface area (Å²) in [6.07, 6.45) is 3.25. The predicted octanol–water partition coefficient (Wildman–Crippen LogP) is 4.53. The van der Waals surface area contributed by atoms with Crippen molar-refractivity contribution in [1.82, 2.24) is 14.5 Å². The highest BCUT2D eigenvalue weighted by Crippen LogP contribution is 2.24. The molecule has 1 atom stereocenters. The van der Waals surface area contributed by atoms with Crippen molar-refractivity contribution < 1.29 is 4.79 Å². The third kappa shape index (κ3) is 4.19. The molecule has 4 rings (SSSR count). The topological polar surface area (TPSA) is 55.2 Å². The van der Waals surface area contributed by atoms with Crippen molar-refractivity contribution in [3.63, 3.8) is 0 Å². The van der Waals surface area contributed by atoms with Gasteiger partial charge in [0.05, 0.1) is 22.3 Å². The number of piperidine rings is 1. The fourth-order valence-electron chi connectivity index (χ4n) is 3.70. The van der Waals surface area contributed by atoms with Crippen molar-refractivity contribution in [2.45, 2.75) is 37.4 Å². The number of rotatable bonds is 4. The van der Waals surface area contributed by atoms with Crippen LogP contribution in [0.3, 0.4) is 0 Å². The molecule has 1 amide bonds. The summed E-state index contributed by atoms with van der Waals surface area (Å²) < 4.78 is 1.57. The Morgan fingerprint density at radius 2 is 1.93 bits per heavy atom. The molecule has 0 radical (unpaired) electrons. The first-order valence-electron chi connectivity index (χ1n) is 9.74. The number of aromatic nitrogens is 2. The fraction of sp³-hybridized carbons (Fsp3) is 0.318. The van der Waals surface area contributed by atoms with Crippen LogP contribution >= 0.6 is 23.4 Å². The molecule has 1 aromatic heterocycles. The van der Waals surface area contributed by atoms with E-state index < -0.39 is 0 Å². The highest BCUT2D eigenvalue weighted by atomic mass is 35.5. The van der Waals surface area contributed by atoms with Gasteiger partial charge >= 0.3 is 0 Å². The van der Waals surface area contributed by atoms with Gasteiger partial charge in [-0.1, -0.05) is 35.5 Å². The maximum atomic E-state index is 13.2. The quantitative estimate of drug-likeness (QED) is 0.453. The molecule has 0 saturated carbocycles. The number of amides is 1. The Kier molecular flexibility index (Phi) is 5.92. The first-order chi connectivity index (χ1) is 14.0. The number of halogens is 1. The van der Waals surface area contributed by atoms with Crippen LogP contribution in [0.1, 0.15) is 26.2 Å². The highest BCUT2D eigenvalue weighted by molar-refractivity contribution is 7.99. The minimum absolute atomic E-state index is 0.0901. The van der Waals surface area contributed by atoms with Gasteiger partial charge in [-0.3, -0.25) is 14.2 Å². The Bertz CT molecular complexity index is 1100. The molecule has 1 aliphatic heterocycles. The average Bonchev–Trinajstić information content (AvgIpc) is 2.73. The third-order valence-corrected chi connectivity index (χ3v) is 6.45. The molecule has 150 valence electrons. The molecule has 1 fully saturated rings. The summed E-state index contributed by atoms with van der Waals surface area (Å²) in [6, 6.07) is 14.6. The Hall–Kier alpha value is -2.31. The van der Waals surface area contributed by atoms with Crippen LogP contribution in [0.25, 0.3) is 16.6 Å². The van der Waals surface area contributed by atoms with Gasteiger partial charge in [0.15, 0.2) is 5.16 Å². The van der Waals surface area contributed by atoms with E-state index in [9.17, 15) is 9.59 Å². The normalized spacial score (nSPS) is 16.9. The second-order valence-electron chi connectivity index (χ2n) is 7.25. The number of hydrogen-bond donors (Lipinski definition) is 0.